The number of rotatable bonds is 2. The van der Waals surface area contributed by atoms with Gasteiger partial charge in [0.2, 0.25) is 0 Å². The minimum atomic E-state index is -10.7. The molecule has 0 aliphatic carbocycles. The zero-order chi connectivity index (χ0) is 13.1. The third-order valence-corrected chi connectivity index (χ3v) is 1.77. The molecule has 0 saturated heterocycles. The van der Waals surface area contributed by atoms with Gasteiger partial charge in [-0.3, -0.25) is 0 Å². The molecule has 0 aliphatic rings. The van der Waals surface area contributed by atoms with Crippen LogP contribution in [-0.4, -0.2) is 4.98 Å². The normalized spacial score (nSPS) is 17.8. The van der Waals surface area contributed by atoms with E-state index in [2.05, 4.69) is 24.9 Å². The maximum absolute atomic E-state index is 10.7. The van der Waals surface area contributed by atoms with E-state index in [0.29, 0.717) is 5.92 Å². The van der Waals surface area contributed by atoms with Gasteiger partial charge < -0.3 is 4.98 Å². The molecule has 16 heavy (non-hydrogen) atoms. The van der Waals surface area contributed by atoms with Gasteiger partial charge in [-0.25, -0.2) is 0 Å². The summed E-state index contributed by atoms with van der Waals surface area (Å²) in [5.74, 6) is 0.681. The first-order valence-corrected chi connectivity index (χ1v) is 6.52. The number of H-pyrrole nitrogens is 1. The van der Waals surface area contributed by atoms with Gasteiger partial charge in [0.05, 0.1) is 0 Å². The first kappa shape index (κ1) is 15.3. The van der Waals surface area contributed by atoms with E-state index in [0.717, 1.165) is 0 Å². The second-order valence-corrected chi connectivity index (χ2v) is 5.31. The van der Waals surface area contributed by atoms with E-state index in [1.807, 2.05) is 12.3 Å². The van der Waals surface area contributed by atoms with Crippen LogP contribution in [0.2, 0.25) is 0 Å². The Labute approximate surface area is 90.6 Å². The number of aromatic nitrogens is 1. The summed E-state index contributed by atoms with van der Waals surface area (Å²) in [7, 11) is -10.7. The van der Waals surface area contributed by atoms with E-state index in [9.17, 15) is 25.2 Å². The summed E-state index contributed by atoms with van der Waals surface area (Å²) in [5, 5.41) is 0. The minimum Gasteiger partial charge on any atom is 1.00 e. The fourth-order valence-electron chi connectivity index (χ4n) is 0.871. The summed E-state index contributed by atoms with van der Waals surface area (Å²) < 4.78 is 59.2. The maximum Gasteiger partial charge on any atom is 1.00 e. The van der Waals surface area contributed by atoms with Crippen molar-refractivity contribution in [2.45, 2.75) is 26.2 Å². The van der Waals surface area contributed by atoms with Crippen molar-refractivity contribution < 1.29 is 26.6 Å². The molecule has 0 aliphatic heterocycles. The Bertz CT molecular complexity index is 306. The summed E-state index contributed by atoms with van der Waals surface area (Å²) in [6.45, 7) is 4.43. The first-order chi connectivity index (χ1) is 6.79. The summed E-state index contributed by atoms with van der Waals surface area (Å²) >= 11 is 0. The molecular formula is C8H14F6NP. The third-order valence-electron chi connectivity index (χ3n) is 1.77. The van der Waals surface area contributed by atoms with Crippen LogP contribution < -0.4 is 0 Å². The Morgan fingerprint density at radius 1 is 1.25 bits per heavy atom. The topological polar surface area (TPSA) is 15.8 Å². The number of halogens is 6. The maximum atomic E-state index is 9.87. The Morgan fingerprint density at radius 3 is 1.94 bits per heavy atom. The molecule has 0 amide bonds. The van der Waals surface area contributed by atoms with Gasteiger partial charge in [-0.15, -0.1) is 0 Å². The van der Waals surface area contributed by atoms with Gasteiger partial charge in [0.1, 0.15) is 0 Å². The molecule has 1 nitrogen and oxygen atoms in total. The molecule has 1 atom stereocenters. The molecule has 0 bridgehead atoms. The summed E-state index contributed by atoms with van der Waals surface area (Å²) in [4.78, 5) is 3.19. The van der Waals surface area contributed by atoms with E-state index >= 15 is 0 Å². The van der Waals surface area contributed by atoms with Gasteiger partial charge >= 0.3 is 34.4 Å². The molecule has 1 heterocycles. The van der Waals surface area contributed by atoms with Crippen molar-refractivity contribution in [1.82, 2.24) is 4.98 Å². The van der Waals surface area contributed by atoms with Gasteiger partial charge in [-0.1, -0.05) is 13.8 Å². The average molecular weight is 269 g/mol. The number of nitrogens with one attached hydrogen (secondary N) is 1. The monoisotopic (exact) mass is 269 g/mol. The molecule has 0 fully saturated rings. The molecule has 1 N–H and O–H groups in total. The van der Waals surface area contributed by atoms with Crippen molar-refractivity contribution in [2.75, 3.05) is 0 Å². The van der Waals surface area contributed by atoms with Crippen LogP contribution in [0.3, 0.4) is 0 Å². The number of hydrogen-bond acceptors (Lipinski definition) is 0. The molecule has 0 saturated carbocycles. The molecular weight excluding hydrogens is 255 g/mol. The smallest absolute Gasteiger partial charge is 1.00 e. The van der Waals surface area contributed by atoms with Crippen LogP contribution in [0.4, 0.5) is 25.2 Å². The van der Waals surface area contributed by atoms with E-state index in [4.69, 9.17) is 0 Å². The van der Waals surface area contributed by atoms with Crippen molar-refractivity contribution in [3.8, 4) is 0 Å². The van der Waals surface area contributed by atoms with Crippen LogP contribution in [0, 0.1) is 0 Å². The molecule has 8 heteroatoms. The minimum absolute atomic E-state index is 0. The molecule has 0 aromatic carbocycles. The zero-order valence-electron chi connectivity index (χ0n) is 9.73. The molecule has 1 unspecified atom stereocenters. The van der Waals surface area contributed by atoms with Gasteiger partial charge in [0, 0.05) is 11.9 Å². The van der Waals surface area contributed by atoms with Crippen LogP contribution in [0.1, 0.15) is 33.3 Å². The second-order valence-electron chi connectivity index (χ2n) is 3.39. The Morgan fingerprint density at radius 2 is 1.69 bits per heavy atom. The van der Waals surface area contributed by atoms with Gasteiger partial charge in [-0.2, -0.15) is 0 Å². The fourth-order valence-corrected chi connectivity index (χ4v) is 0.871. The van der Waals surface area contributed by atoms with Crippen molar-refractivity contribution in [3.05, 3.63) is 24.0 Å². The van der Waals surface area contributed by atoms with Crippen molar-refractivity contribution in [1.29, 1.82) is 0 Å². The Hall–Kier alpha value is -0.710. The van der Waals surface area contributed by atoms with Crippen LogP contribution in [0.5, 0.6) is 0 Å². The molecule has 1 aromatic heterocycles. The molecule has 0 radical (unpaired) electrons. The Balaban J connectivity index is 0. The van der Waals surface area contributed by atoms with Crippen LogP contribution >= 0.6 is 7.81 Å². The molecule has 0 spiro atoms. The van der Waals surface area contributed by atoms with E-state index < -0.39 is 7.81 Å². The van der Waals surface area contributed by atoms with Gasteiger partial charge in [0.15, 0.2) is 0 Å². The predicted molar refractivity (Wildman–Crippen MR) is 54.2 cm³/mol. The van der Waals surface area contributed by atoms with Crippen LogP contribution in [0.15, 0.2) is 18.3 Å². The van der Waals surface area contributed by atoms with Crippen LogP contribution in [-0.2, 0) is 0 Å². The van der Waals surface area contributed by atoms with Crippen molar-refractivity contribution in [2.24, 2.45) is 0 Å². The summed E-state index contributed by atoms with van der Waals surface area (Å²) in [6, 6.07) is 4.18. The van der Waals surface area contributed by atoms with Crippen LogP contribution in [0.25, 0.3) is 0 Å². The third kappa shape index (κ3) is 13.3. The average Bonchev–Trinajstić information content (AvgIpc) is 2.48. The van der Waals surface area contributed by atoms with E-state index in [1.165, 1.54) is 12.1 Å². The molecule has 1 aromatic rings. The van der Waals surface area contributed by atoms with Gasteiger partial charge in [-0.05, 0) is 24.5 Å². The Kier molecular flexibility index (Phi) is 3.77. The quantitative estimate of drug-likeness (QED) is 0.499. The SMILES string of the molecule is CCC(C)c1ccc[nH]1.F[P-](F)(F)(F)(F)F.[H+]. The second kappa shape index (κ2) is 3.95. The number of hydrogen-bond donors (Lipinski definition) is 1. The van der Waals surface area contributed by atoms with E-state index in [1.54, 1.807) is 0 Å². The standard InChI is InChI=1S/C8H13N.F6P/c1-3-7(2)8-5-4-6-9-8;1-7(2,3,4,5)6/h4-7,9H,3H2,1-2H3;/q;-1/p+1. The summed E-state index contributed by atoms with van der Waals surface area (Å²) in [5.41, 5.74) is 1.34. The first-order valence-electron chi connectivity index (χ1n) is 4.49. The van der Waals surface area contributed by atoms with Crippen molar-refractivity contribution in [3.63, 3.8) is 0 Å². The largest absolute Gasteiger partial charge is 1.00 e. The fraction of sp³-hybridized carbons (Fsp3) is 0.500. The zero-order valence-corrected chi connectivity index (χ0v) is 9.63. The number of aromatic amines is 1. The van der Waals surface area contributed by atoms with Crippen molar-refractivity contribution >= 4 is 7.81 Å². The van der Waals surface area contributed by atoms with Gasteiger partial charge in [0.25, 0.3) is 0 Å². The molecule has 1 rings (SSSR count). The van der Waals surface area contributed by atoms with E-state index in [-0.39, 0.29) is 1.43 Å². The predicted octanol–water partition coefficient (Wildman–Crippen LogP) is 6.02. The summed E-state index contributed by atoms with van der Waals surface area (Å²) in [6.07, 6.45) is 3.18. The molecule has 98 valence electrons.